The molecule has 5 N–H and O–H groups in total. The van der Waals surface area contributed by atoms with E-state index in [1.807, 2.05) is 0 Å². The van der Waals surface area contributed by atoms with E-state index in [1.54, 1.807) is 0 Å². The number of hydrogen-bond donors (Lipinski definition) is 5. The Morgan fingerprint density at radius 3 is 2.32 bits per heavy atom. The van der Waals surface area contributed by atoms with Gasteiger partial charge >= 0.3 is 11.9 Å². The van der Waals surface area contributed by atoms with Crippen LogP contribution in [-0.4, -0.2) is 68.5 Å². The largest absolute Gasteiger partial charge is 0.481 e. The zero-order valence-electron chi connectivity index (χ0n) is 10.1. The number of aliphatic carboxylic acids is 2. The Labute approximate surface area is 113 Å². The molecule has 0 radical (unpaired) electrons. The third-order valence-corrected chi connectivity index (χ3v) is 3.16. The number of thioether (sulfide) groups is 1. The normalized spacial score (nSPS) is 13.6. The molecule has 0 rings (SSSR count). The summed E-state index contributed by atoms with van der Waals surface area (Å²) in [4.78, 5) is 32.5. The van der Waals surface area contributed by atoms with Crippen LogP contribution in [0.1, 0.15) is 12.8 Å². The van der Waals surface area contributed by atoms with Crippen LogP contribution in [0.5, 0.6) is 0 Å². The van der Waals surface area contributed by atoms with Gasteiger partial charge in [0.15, 0.2) is 0 Å². The first kappa shape index (κ1) is 17.7. The standard InChI is InChI=1S/C10H17NO7S/c12-2-1-3-19-5-6(10(17)18)11-9(16)7(13)4-8(14)15/h6-7,12-13H,1-5H2,(H,11,16)(H,14,15)(H,17,18). The maximum absolute atomic E-state index is 11.3. The van der Waals surface area contributed by atoms with Gasteiger partial charge < -0.3 is 25.7 Å². The summed E-state index contributed by atoms with van der Waals surface area (Å²) in [7, 11) is 0. The van der Waals surface area contributed by atoms with E-state index in [9.17, 15) is 19.5 Å². The fourth-order valence-electron chi connectivity index (χ4n) is 1.07. The van der Waals surface area contributed by atoms with Gasteiger partial charge in [-0.25, -0.2) is 4.79 Å². The molecule has 8 nitrogen and oxygen atoms in total. The first-order valence-corrected chi connectivity index (χ1v) is 6.65. The van der Waals surface area contributed by atoms with Crippen LogP contribution in [-0.2, 0) is 14.4 Å². The lowest BCUT2D eigenvalue weighted by atomic mass is 10.2. The van der Waals surface area contributed by atoms with Crippen LogP contribution in [0.3, 0.4) is 0 Å². The molecule has 0 fully saturated rings. The van der Waals surface area contributed by atoms with E-state index in [2.05, 4.69) is 5.32 Å². The topological polar surface area (TPSA) is 144 Å². The number of carbonyl (C=O) groups is 3. The predicted octanol–water partition coefficient (Wildman–Crippen LogP) is -1.49. The molecule has 0 aliphatic rings. The fraction of sp³-hybridized carbons (Fsp3) is 0.700. The Morgan fingerprint density at radius 1 is 1.21 bits per heavy atom. The average molecular weight is 295 g/mol. The number of aliphatic hydroxyl groups excluding tert-OH is 2. The molecular formula is C10H17NO7S. The van der Waals surface area contributed by atoms with Gasteiger partial charge in [-0.2, -0.15) is 11.8 Å². The highest BCUT2D eigenvalue weighted by atomic mass is 32.2. The van der Waals surface area contributed by atoms with E-state index in [4.69, 9.17) is 15.3 Å². The van der Waals surface area contributed by atoms with Crippen LogP contribution in [0.15, 0.2) is 0 Å². The molecule has 2 unspecified atom stereocenters. The highest BCUT2D eigenvalue weighted by Crippen LogP contribution is 2.06. The molecule has 0 spiro atoms. The summed E-state index contributed by atoms with van der Waals surface area (Å²) in [5.74, 6) is -3.05. The van der Waals surface area contributed by atoms with Gasteiger partial charge in [0.1, 0.15) is 12.1 Å². The quantitative estimate of drug-likeness (QED) is 0.306. The summed E-state index contributed by atoms with van der Waals surface area (Å²) >= 11 is 1.23. The molecule has 1 amide bonds. The van der Waals surface area contributed by atoms with Crippen LogP contribution in [0.25, 0.3) is 0 Å². The zero-order valence-corrected chi connectivity index (χ0v) is 10.9. The van der Waals surface area contributed by atoms with Crippen molar-refractivity contribution in [2.75, 3.05) is 18.1 Å². The van der Waals surface area contributed by atoms with Crippen molar-refractivity contribution < 1.29 is 34.8 Å². The highest BCUT2D eigenvalue weighted by Gasteiger charge is 2.25. The second-order valence-electron chi connectivity index (χ2n) is 3.67. The second-order valence-corrected chi connectivity index (χ2v) is 4.81. The van der Waals surface area contributed by atoms with E-state index >= 15 is 0 Å². The van der Waals surface area contributed by atoms with Crippen LogP contribution in [0.2, 0.25) is 0 Å². The third kappa shape index (κ3) is 8.41. The minimum Gasteiger partial charge on any atom is -0.481 e. The summed E-state index contributed by atoms with van der Waals surface area (Å²) in [6.07, 6.45) is -2.05. The maximum Gasteiger partial charge on any atom is 0.327 e. The molecular weight excluding hydrogens is 278 g/mol. The monoisotopic (exact) mass is 295 g/mol. The van der Waals surface area contributed by atoms with Gasteiger partial charge in [-0.05, 0) is 12.2 Å². The minimum atomic E-state index is -1.78. The first-order valence-electron chi connectivity index (χ1n) is 5.50. The number of aliphatic hydroxyl groups is 2. The van der Waals surface area contributed by atoms with Crippen molar-refractivity contribution in [3.8, 4) is 0 Å². The molecule has 0 aromatic carbocycles. The molecule has 0 bridgehead atoms. The van der Waals surface area contributed by atoms with Gasteiger partial charge in [0.2, 0.25) is 5.91 Å². The lowest BCUT2D eigenvalue weighted by Gasteiger charge is -2.16. The number of nitrogens with one attached hydrogen (secondary N) is 1. The van der Waals surface area contributed by atoms with Crippen LogP contribution < -0.4 is 5.32 Å². The smallest absolute Gasteiger partial charge is 0.327 e. The number of carboxylic acids is 2. The van der Waals surface area contributed by atoms with Gasteiger partial charge in [-0.3, -0.25) is 9.59 Å². The summed E-state index contributed by atoms with van der Waals surface area (Å²) < 4.78 is 0. The lowest BCUT2D eigenvalue weighted by molar-refractivity contribution is -0.146. The Bertz CT molecular complexity index is 323. The third-order valence-electron chi connectivity index (χ3n) is 2.02. The molecule has 0 saturated carbocycles. The van der Waals surface area contributed by atoms with Gasteiger partial charge in [-0.1, -0.05) is 0 Å². The van der Waals surface area contributed by atoms with Gasteiger partial charge in [0.05, 0.1) is 6.42 Å². The van der Waals surface area contributed by atoms with E-state index in [0.717, 1.165) is 0 Å². The lowest BCUT2D eigenvalue weighted by Crippen LogP contribution is -2.47. The molecule has 110 valence electrons. The molecule has 19 heavy (non-hydrogen) atoms. The summed E-state index contributed by atoms with van der Waals surface area (Å²) in [6.45, 7) is -0.00553. The Balaban J connectivity index is 4.22. The maximum atomic E-state index is 11.3. The van der Waals surface area contributed by atoms with Crippen LogP contribution in [0, 0.1) is 0 Å². The molecule has 0 heterocycles. The van der Waals surface area contributed by atoms with Crippen molar-refractivity contribution in [3.63, 3.8) is 0 Å². The van der Waals surface area contributed by atoms with Crippen molar-refractivity contribution in [2.45, 2.75) is 25.0 Å². The van der Waals surface area contributed by atoms with Crippen LogP contribution >= 0.6 is 11.8 Å². The van der Waals surface area contributed by atoms with E-state index < -0.39 is 36.4 Å². The fourth-order valence-corrected chi connectivity index (χ4v) is 2.03. The van der Waals surface area contributed by atoms with Crippen molar-refractivity contribution >= 4 is 29.6 Å². The Morgan fingerprint density at radius 2 is 1.84 bits per heavy atom. The van der Waals surface area contributed by atoms with E-state index in [1.165, 1.54) is 11.8 Å². The summed E-state index contributed by atoms with van der Waals surface area (Å²) in [6, 6.07) is -1.21. The van der Waals surface area contributed by atoms with Crippen LogP contribution in [0.4, 0.5) is 0 Å². The van der Waals surface area contributed by atoms with Gasteiger partial charge in [0.25, 0.3) is 0 Å². The van der Waals surface area contributed by atoms with Crippen molar-refractivity contribution in [2.24, 2.45) is 0 Å². The zero-order chi connectivity index (χ0) is 14.8. The number of hydrogen-bond acceptors (Lipinski definition) is 6. The summed E-state index contributed by atoms with van der Waals surface area (Å²) in [5.41, 5.74) is 0. The minimum absolute atomic E-state index is 0.00553. The first-order chi connectivity index (χ1) is 8.88. The number of rotatable bonds is 10. The molecule has 0 aromatic rings. The number of carboxylic acid groups (broad SMARTS) is 2. The SMILES string of the molecule is O=C(O)CC(O)C(=O)NC(CSCCCO)C(=O)O. The summed E-state index contributed by atoms with van der Waals surface area (Å²) in [5, 5.41) is 37.1. The van der Waals surface area contributed by atoms with Crippen molar-refractivity contribution in [1.82, 2.24) is 5.32 Å². The van der Waals surface area contributed by atoms with E-state index in [-0.39, 0.29) is 12.4 Å². The number of amides is 1. The molecule has 0 saturated heterocycles. The van der Waals surface area contributed by atoms with Crippen molar-refractivity contribution in [1.29, 1.82) is 0 Å². The van der Waals surface area contributed by atoms with E-state index in [0.29, 0.717) is 12.2 Å². The second kappa shape index (κ2) is 9.59. The Kier molecular flexibility index (Phi) is 8.92. The average Bonchev–Trinajstić information content (AvgIpc) is 2.31. The predicted molar refractivity (Wildman–Crippen MR) is 66.9 cm³/mol. The Hall–Kier alpha value is -1.32. The molecule has 9 heteroatoms. The molecule has 0 aliphatic heterocycles. The number of carbonyl (C=O) groups excluding carboxylic acids is 1. The van der Waals surface area contributed by atoms with Crippen molar-refractivity contribution in [3.05, 3.63) is 0 Å². The molecule has 2 atom stereocenters. The van der Waals surface area contributed by atoms with Gasteiger partial charge in [0, 0.05) is 12.4 Å². The highest BCUT2D eigenvalue weighted by molar-refractivity contribution is 7.99. The molecule has 0 aromatic heterocycles. The molecule has 0 aliphatic carbocycles. The van der Waals surface area contributed by atoms with Gasteiger partial charge in [-0.15, -0.1) is 0 Å².